The van der Waals surface area contributed by atoms with Crippen LogP contribution in [0.4, 0.5) is 17.1 Å². The molecule has 1 heterocycles. The molecule has 0 saturated carbocycles. The number of allylic oxidation sites excluding steroid dienone is 9. The van der Waals surface area contributed by atoms with E-state index in [4.69, 9.17) is 0 Å². The maximum atomic E-state index is 3.96. The highest BCUT2D eigenvalue weighted by molar-refractivity contribution is 6.13. The molecular weight excluding hydrogens is 715 g/mol. The zero-order valence-corrected chi connectivity index (χ0v) is 33.8. The van der Waals surface area contributed by atoms with Gasteiger partial charge in [-0.15, -0.1) is 0 Å². The summed E-state index contributed by atoms with van der Waals surface area (Å²) in [5.41, 5.74) is 13.8. The molecule has 9 rings (SSSR count). The Morgan fingerprint density at radius 3 is 2.05 bits per heavy atom. The molecule has 59 heavy (non-hydrogen) atoms. The van der Waals surface area contributed by atoms with Gasteiger partial charge in [-0.2, -0.15) is 0 Å². The minimum Gasteiger partial charge on any atom is -0.362 e. The van der Waals surface area contributed by atoms with Crippen molar-refractivity contribution >= 4 is 49.6 Å². The molecule has 1 N–H and O–H groups in total. The molecule has 1 aliphatic carbocycles. The van der Waals surface area contributed by atoms with Crippen LogP contribution in [0.15, 0.2) is 230 Å². The van der Waals surface area contributed by atoms with Gasteiger partial charge in [-0.25, -0.2) is 0 Å². The topological polar surface area (TPSA) is 20.2 Å². The van der Waals surface area contributed by atoms with Crippen molar-refractivity contribution in [1.82, 2.24) is 4.57 Å². The molecule has 0 saturated heterocycles. The standard InChI is InChI=1S/C56H47N3/c1-5-18-40(19-6-2)29-30-45(26-17-35-57-43-22-9-7-10-23-43)58(44-24-11-8-12-25-44)46-31-33-48-49-34-32-47(39-53(49)56(3,4)52(48)38-46)59-54-28-16-15-27-50(54)51-36-41-20-13-14-21-42(41)37-55(51)59/h5-39,57H,1H2,2-4H3/b19-6-,30-29-,35-17+,40-18+,45-26+. The summed E-state index contributed by atoms with van der Waals surface area (Å²) in [6.07, 6.45) is 18.6. The molecule has 0 atom stereocenters. The third kappa shape index (κ3) is 7.02. The van der Waals surface area contributed by atoms with Crippen LogP contribution in [0, 0.1) is 0 Å². The van der Waals surface area contributed by atoms with Crippen molar-refractivity contribution in [3.63, 3.8) is 0 Å². The minimum absolute atomic E-state index is 0.254. The van der Waals surface area contributed by atoms with Gasteiger partial charge >= 0.3 is 0 Å². The summed E-state index contributed by atoms with van der Waals surface area (Å²) >= 11 is 0. The molecule has 286 valence electrons. The summed E-state index contributed by atoms with van der Waals surface area (Å²) in [5, 5.41) is 8.46. The molecule has 7 aromatic carbocycles. The van der Waals surface area contributed by atoms with Crippen molar-refractivity contribution in [3.8, 4) is 16.8 Å². The second-order valence-electron chi connectivity index (χ2n) is 15.5. The maximum absolute atomic E-state index is 3.96. The van der Waals surface area contributed by atoms with Gasteiger partial charge < -0.3 is 14.8 Å². The molecule has 1 aromatic heterocycles. The molecule has 0 aliphatic heterocycles. The first-order valence-electron chi connectivity index (χ1n) is 20.3. The van der Waals surface area contributed by atoms with Gasteiger partial charge in [0, 0.05) is 50.8 Å². The van der Waals surface area contributed by atoms with Crippen LogP contribution in [0.5, 0.6) is 0 Å². The van der Waals surface area contributed by atoms with Gasteiger partial charge in [0.1, 0.15) is 0 Å². The Morgan fingerprint density at radius 1 is 0.610 bits per heavy atom. The Bertz CT molecular complexity index is 3010. The Hall–Kier alpha value is -7.36. The molecule has 0 unspecified atom stereocenters. The fraction of sp³-hybridized carbons (Fsp3) is 0.0714. The van der Waals surface area contributed by atoms with Crippen molar-refractivity contribution in [1.29, 1.82) is 0 Å². The van der Waals surface area contributed by atoms with E-state index < -0.39 is 0 Å². The summed E-state index contributed by atoms with van der Waals surface area (Å²) in [6.45, 7) is 10.7. The summed E-state index contributed by atoms with van der Waals surface area (Å²) in [7, 11) is 0. The first kappa shape index (κ1) is 37.2. The monoisotopic (exact) mass is 761 g/mol. The zero-order chi connectivity index (χ0) is 40.3. The third-order valence-corrected chi connectivity index (χ3v) is 11.5. The number of nitrogens with zero attached hydrogens (tertiary/aromatic N) is 2. The number of para-hydroxylation sites is 3. The van der Waals surface area contributed by atoms with Crippen LogP contribution in [-0.4, -0.2) is 4.57 Å². The largest absolute Gasteiger partial charge is 0.362 e. The van der Waals surface area contributed by atoms with E-state index in [0.717, 1.165) is 28.3 Å². The SMILES string of the molecule is C=C/C=C(\C=C/C)/C=C\C(=C/C=C/Nc1ccccc1)N(c1ccccc1)c1ccc2c(c1)C(C)(C)c1cc(-n3c4ccccc4c4cc5ccccc5cc43)ccc1-2. The van der Waals surface area contributed by atoms with Crippen LogP contribution >= 0.6 is 0 Å². The number of nitrogens with one attached hydrogen (secondary N) is 1. The van der Waals surface area contributed by atoms with Crippen LogP contribution in [0.1, 0.15) is 31.9 Å². The quantitative estimate of drug-likeness (QED) is 0.132. The fourth-order valence-corrected chi connectivity index (χ4v) is 8.66. The smallest absolute Gasteiger partial charge is 0.0547 e. The highest BCUT2D eigenvalue weighted by Crippen LogP contribution is 2.51. The molecular formula is C56H47N3. The lowest BCUT2D eigenvalue weighted by Crippen LogP contribution is -2.18. The van der Waals surface area contributed by atoms with E-state index >= 15 is 0 Å². The van der Waals surface area contributed by atoms with E-state index in [0.29, 0.717) is 0 Å². The lowest BCUT2D eigenvalue weighted by molar-refractivity contribution is 0.660. The van der Waals surface area contributed by atoms with Gasteiger partial charge in [0.05, 0.1) is 11.0 Å². The number of benzene rings is 7. The number of hydrogen-bond donors (Lipinski definition) is 1. The van der Waals surface area contributed by atoms with Gasteiger partial charge in [0.15, 0.2) is 0 Å². The number of rotatable bonds is 11. The summed E-state index contributed by atoms with van der Waals surface area (Å²) in [5.74, 6) is 0. The Labute approximate surface area is 347 Å². The van der Waals surface area contributed by atoms with E-state index in [-0.39, 0.29) is 5.41 Å². The van der Waals surface area contributed by atoms with E-state index in [1.165, 1.54) is 60.5 Å². The zero-order valence-electron chi connectivity index (χ0n) is 33.8. The van der Waals surface area contributed by atoms with Crippen LogP contribution < -0.4 is 10.2 Å². The number of fused-ring (bicyclic) bond motifs is 7. The molecule has 0 radical (unpaired) electrons. The first-order chi connectivity index (χ1) is 28.9. The average Bonchev–Trinajstić information content (AvgIpc) is 3.70. The minimum atomic E-state index is -0.254. The molecule has 3 heteroatoms. The predicted molar refractivity (Wildman–Crippen MR) is 254 cm³/mol. The van der Waals surface area contributed by atoms with Crippen LogP contribution in [0.25, 0.3) is 49.4 Å². The second-order valence-corrected chi connectivity index (χ2v) is 15.5. The Kier molecular flexibility index (Phi) is 10.0. The summed E-state index contributed by atoms with van der Waals surface area (Å²) in [4.78, 5) is 2.34. The summed E-state index contributed by atoms with van der Waals surface area (Å²) in [6, 6.07) is 57.0. The normalized spacial score (nSPS) is 13.9. The number of anilines is 3. The van der Waals surface area contributed by atoms with Crippen molar-refractivity contribution in [2.24, 2.45) is 0 Å². The van der Waals surface area contributed by atoms with Crippen molar-refractivity contribution in [2.75, 3.05) is 10.2 Å². The van der Waals surface area contributed by atoms with Gasteiger partial charge in [-0.1, -0.05) is 142 Å². The van der Waals surface area contributed by atoms with Gasteiger partial charge in [0.25, 0.3) is 0 Å². The average molecular weight is 762 g/mol. The molecule has 0 amide bonds. The van der Waals surface area contributed by atoms with Crippen molar-refractivity contribution in [2.45, 2.75) is 26.2 Å². The summed E-state index contributed by atoms with van der Waals surface area (Å²) < 4.78 is 2.45. The second kappa shape index (κ2) is 15.9. The van der Waals surface area contributed by atoms with Crippen molar-refractivity contribution in [3.05, 3.63) is 242 Å². The lowest BCUT2D eigenvalue weighted by atomic mass is 9.82. The number of aromatic nitrogens is 1. The van der Waals surface area contributed by atoms with Gasteiger partial charge in [-0.05, 0) is 130 Å². The highest BCUT2D eigenvalue weighted by Gasteiger charge is 2.36. The van der Waals surface area contributed by atoms with Gasteiger partial charge in [0.2, 0.25) is 0 Å². The van der Waals surface area contributed by atoms with Crippen LogP contribution in [0.2, 0.25) is 0 Å². The Morgan fingerprint density at radius 2 is 1.29 bits per heavy atom. The van der Waals surface area contributed by atoms with Gasteiger partial charge in [-0.3, -0.25) is 0 Å². The van der Waals surface area contributed by atoms with E-state index in [2.05, 4.69) is 211 Å². The molecule has 8 aromatic rings. The van der Waals surface area contributed by atoms with E-state index in [1.54, 1.807) is 0 Å². The maximum Gasteiger partial charge on any atom is 0.0547 e. The Balaban J connectivity index is 1.15. The van der Waals surface area contributed by atoms with E-state index in [1.807, 2.05) is 43.5 Å². The molecule has 1 aliphatic rings. The highest BCUT2D eigenvalue weighted by atomic mass is 15.1. The molecule has 0 spiro atoms. The molecule has 0 bridgehead atoms. The van der Waals surface area contributed by atoms with Crippen LogP contribution in [-0.2, 0) is 5.41 Å². The first-order valence-corrected chi connectivity index (χ1v) is 20.3. The molecule has 0 fully saturated rings. The lowest BCUT2D eigenvalue weighted by Gasteiger charge is -2.29. The number of hydrogen-bond acceptors (Lipinski definition) is 2. The van der Waals surface area contributed by atoms with Crippen LogP contribution in [0.3, 0.4) is 0 Å². The third-order valence-electron chi connectivity index (χ3n) is 11.5. The van der Waals surface area contributed by atoms with E-state index in [9.17, 15) is 0 Å². The van der Waals surface area contributed by atoms with Crippen molar-refractivity contribution < 1.29 is 0 Å². The molecule has 3 nitrogen and oxygen atoms in total. The predicted octanol–water partition coefficient (Wildman–Crippen LogP) is 15.1. The fourth-order valence-electron chi connectivity index (χ4n) is 8.66.